The number of rotatable bonds is 4. The van der Waals surface area contributed by atoms with Crippen LogP contribution in [0.15, 0.2) is 29.6 Å². The van der Waals surface area contributed by atoms with Crippen molar-refractivity contribution in [3.63, 3.8) is 0 Å². The molecule has 0 aliphatic heterocycles. The Morgan fingerprint density at radius 1 is 1.30 bits per heavy atom. The van der Waals surface area contributed by atoms with E-state index in [4.69, 9.17) is 11.6 Å². The van der Waals surface area contributed by atoms with Gasteiger partial charge in [-0.05, 0) is 24.3 Å². The van der Waals surface area contributed by atoms with Crippen LogP contribution in [0.3, 0.4) is 0 Å². The zero-order valence-corrected chi connectivity index (χ0v) is 11.4. The molecule has 20 heavy (non-hydrogen) atoms. The molecule has 0 bridgehead atoms. The van der Waals surface area contributed by atoms with Crippen molar-refractivity contribution in [2.24, 2.45) is 0 Å². The number of nitrogens with zero attached hydrogens (tertiary/aromatic N) is 1. The van der Waals surface area contributed by atoms with E-state index in [1.165, 1.54) is 35.6 Å². The highest BCUT2D eigenvalue weighted by molar-refractivity contribution is 7.13. The van der Waals surface area contributed by atoms with E-state index in [0.717, 1.165) is 0 Å². The number of halogens is 4. The summed E-state index contributed by atoms with van der Waals surface area (Å²) in [6.07, 6.45) is -4.72. The molecule has 8 heteroatoms. The minimum absolute atomic E-state index is 0.165. The molecule has 3 nitrogen and oxygen atoms in total. The lowest BCUT2D eigenvalue weighted by atomic mass is 10.2. The monoisotopic (exact) mass is 321 g/mol. The van der Waals surface area contributed by atoms with Crippen LogP contribution in [0.4, 0.5) is 13.2 Å². The average Bonchev–Trinajstić information content (AvgIpc) is 2.86. The van der Waals surface area contributed by atoms with Gasteiger partial charge in [-0.2, -0.15) is 0 Å². The first-order valence-corrected chi connectivity index (χ1v) is 6.71. The number of ether oxygens (including phenoxy) is 1. The number of ketones is 1. The maximum atomic E-state index is 12.0. The van der Waals surface area contributed by atoms with Gasteiger partial charge in [0.05, 0.1) is 5.88 Å². The lowest BCUT2D eigenvalue weighted by molar-refractivity contribution is -0.274. The predicted molar refractivity (Wildman–Crippen MR) is 69.3 cm³/mol. The highest BCUT2D eigenvalue weighted by atomic mass is 35.5. The fourth-order valence-electron chi connectivity index (χ4n) is 1.40. The highest BCUT2D eigenvalue weighted by Crippen LogP contribution is 2.28. The minimum Gasteiger partial charge on any atom is -0.406 e. The van der Waals surface area contributed by atoms with Crippen LogP contribution < -0.4 is 4.74 Å². The number of benzene rings is 1. The molecule has 1 aromatic carbocycles. The Morgan fingerprint density at radius 3 is 2.50 bits per heavy atom. The van der Waals surface area contributed by atoms with Gasteiger partial charge in [0.25, 0.3) is 0 Å². The molecule has 0 saturated carbocycles. The molecule has 1 aromatic heterocycles. The third kappa shape index (κ3) is 3.71. The topological polar surface area (TPSA) is 39.2 Å². The summed E-state index contributed by atoms with van der Waals surface area (Å²) in [4.78, 5) is 15.4. The van der Waals surface area contributed by atoms with Crippen molar-refractivity contribution in [3.05, 3.63) is 35.3 Å². The second-order valence-electron chi connectivity index (χ2n) is 3.67. The molecule has 0 aliphatic carbocycles. The van der Waals surface area contributed by atoms with Gasteiger partial charge in [0.2, 0.25) is 0 Å². The van der Waals surface area contributed by atoms with Crippen molar-refractivity contribution < 1.29 is 22.7 Å². The predicted octanol–water partition coefficient (Wildman–Crippen LogP) is 4.13. The molecule has 0 saturated heterocycles. The zero-order valence-electron chi connectivity index (χ0n) is 9.78. The summed E-state index contributed by atoms with van der Waals surface area (Å²) in [5.74, 6) is -0.775. The van der Waals surface area contributed by atoms with Gasteiger partial charge in [-0.3, -0.25) is 4.79 Å². The SMILES string of the molecule is O=C(CCl)c1csc(-c2ccc(OC(F)(F)F)cc2)n1. The lowest BCUT2D eigenvalue weighted by Crippen LogP contribution is -2.16. The van der Waals surface area contributed by atoms with E-state index in [1.807, 2.05) is 0 Å². The van der Waals surface area contributed by atoms with E-state index < -0.39 is 6.36 Å². The zero-order chi connectivity index (χ0) is 14.8. The van der Waals surface area contributed by atoms with Crippen molar-refractivity contribution in [2.75, 3.05) is 5.88 Å². The largest absolute Gasteiger partial charge is 0.573 e. The molecule has 0 aliphatic rings. The van der Waals surface area contributed by atoms with Gasteiger partial charge < -0.3 is 4.74 Å². The van der Waals surface area contributed by atoms with Crippen LogP contribution in [0.2, 0.25) is 0 Å². The van der Waals surface area contributed by atoms with E-state index in [9.17, 15) is 18.0 Å². The number of hydrogen-bond donors (Lipinski definition) is 0. The second kappa shape index (κ2) is 5.80. The van der Waals surface area contributed by atoms with Crippen molar-refractivity contribution in [1.29, 1.82) is 0 Å². The molecule has 0 N–H and O–H groups in total. The van der Waals surface area contributed by atoms with Crippen LogP contribution in [0.1, 0.15) is 10.5 Å². The van der Waals surface area contributed by atoms with E-state index in [1.54, 1.807) is 5.38 Å². The maximum Gasteiger partial charge on any atom is 0.573 e. The molecule has 1 heterocycles. The lowest BCUT2D eigenvalue weighted by Gasteiger charge is -2.08. The fourth-order valence-corrected chi connectivity index (χ4v) is 2.37. The van der Waals surface area contributed by atoms with E-state index in [-0.39, 0.29) is 23.1 Å². The Morgan fingerprint density at radius 2 is 1.95 bits per heavy atom. The van der Waals surface area contributed by atoms with Gasteiger partial charge in [-0.25, -0.2) is 4.98 Å². The molecule has 0 radical (unpaired) electrons. The first-order valence-electron chi connectivity index (χ1n) is 5.30. The van der Waals surface area contributed by atoms with E-state index in [0.29, 0.717) is 10.6 Å². The van der Waals surface area contributed by atoms with Crippen LogP contribution in [-0.4, -0.2) is 23.0 Å². The summed E-state index contributed by atoms with van der Waals surface area (Å²) < 4.78 is 39.8. The molecule has 0 unspecified atom stereocenters. The number of Topliss-reactive ketones (excluding diaryl/α,β-unsaturated/α-hetero) is 1. The summed E-state index contributed by atoms with van der Waals surface area (Å²) in [5, 5.41) is 2.08. The van der Waals surface area contributed by atoms with Crippen LogP contribution in [0, 0.1) is 0 Å². The smallest absolute Gasteiger partial charge is 0.406 e. The maximum absolute atomic E-state index is 12.0. The van der Waals surface area contributed by atoms with Gasteiger partial charge >= 0.3 is 6.36 Å². The first-order chi connectivity index (χ1) is 9.39. The standard InChI is InChI=1S/C12H7ClF3NO2S/c13-5-10(18)9-6-20-11(17-9)7-1-3-8(4-2-7)19-12(14,15)16/h1-4,6H,5H2. The Kier molecular flexibility index (Phi) is 4.29. The summed E-state index contributed by atoms with van der Waals surface area (Å²) in [5.41, 5.74) is 0.841. The number of carbonyl (C=O) groups is 1. The fraction of sp³-hybridized carbons (Fsp3) is 0.167. The molecule has 106 valence electrons. The van der Waals surface area contributed by atoms with Gasteiger partial charge in [0.1, 0.15) is 16.5 Å². The van der Waals surface area contributed by atoms with Crippen LogP contribution in [0.25, 0.3) is 10.6 Å². The average molecular weight is 322 g/mol. The van der Waals surface area contributed by atoms with Crippen molar-refractivity contribution in [3.8, 4) is 16.3 Å². The van der Waals surface area contributed by atoms with Gasteiger partial charge in [-0.15, -0.1) is 36.1 Å². The Labute approximate surface area is 121 Å². The summed E-state index contributed by atoms with van der Waals surface area (Å²) in [6, 6.07) is 5.25. The second-order valence-corrected chi connectivity index (χ2v) is 4.79. The highest BCUT2D eigenvalue weighted by Gasteiger charge is 2.31. The van der Waals surface area contributed by atoms with Crippen LogP contribution >= 0.6 is 22.9 Å². The number of carbonyl (C=O) groups excluding carboxylic acids is 1. The number of hydrogen-bond acceptors (Lipinski definition) is 4. The quantitative estimate of drug-likeness (QED) is 0.628. The Balaban J connectivity index is 2.18. The van der Waals surface area contributed by atoms with E-state index >= 15 is 0 Å². The van der Waals surface area contributed by atoms with Crippen molar-refractivity contribution in [2.45, 2.75) is 6.36 Å². The Hall–Kier alpha value is -1.60. The number of thiazole rings is 1. The van der Waals surface area contributed by atoms with Gasteiger partial charge in [-0.1, -0.05) is 0 Å². The molecular weight excluding hydrogens is 315 g/mol. The first kappa shape index (κ1) is 14.8. The normalized spacial score (nSPS) is 11.4. The van der Waals surface area contributed by atoms with Gasteiger partial charge in [0, 0.05) is 10.9 Å². The molecule has 2 rings (SSSR count). The third-order valence-corrected chi connectivity index (χ3v) is 3.38. The molecule has 2 aromatic rings. The molecule has 0 atom stereocenters. The van der Waals surface area contributed by atoms with Crippen molar-refractivity contribution >= 4 is 28.7 Å². The molecule has 0 fully saturated rings. The molecule has 0 amide bonds. The number of aromatic nitrogens is 1. The van der Waals surface area contributed by atoms with E-state index in [2.05, 4.69) is 9.72 Å². The number of alkyl halides is 4. The molecular formula is C12H7ClF3NO2S. The Bertz CT molecular complexity index is 610. The summed E-state index contributed by atoms with van der Waals surface area (Å²) in [6.45, 7) is 0. The summed E-state index contributed by atoms with van der Waals surface area (Å²) in [7, 11) is 0. The van der Waals surface area contributed by atoms with Gasteiger partial charge in [0.15, 0.2) is 5.78 Å². The summed E-state index contributed by atoms with van der Waals surface area (Å²) >= 11 is 6.63. The van der Waals surface area contributed by atoms with Crippen molar-refractivity contribution in [1.82, 2.24) is 4.98 Å². The minimum atomic E-state index is -4.72. The third-order valence-electron chi connectivity index (χ3n) is 2.25. The van der Waals surface area contributed by atoms with Crippen LogP contribution in [0.5, 0.6) is 5.75 Å². The van der Waals surface area contributed by atoms with Crippen LogP contribution in [-0.2, 0) is 0 Å². The molecule has 0 spiro atoms.